The molecule has 2 nitrogen and oxygen atoms in total. The highest BCUT2D eigenvalue weighted by Crippen LogP contribution is 2.23. The Morgan fingerprint density at radius 2 is 2.00 bits per heavy atom. The third-order valence-electron chi connectivity index (χ3n) is 2.41. The highest BCUT2D eigenvalue weighted by molar-refractivity contribution is 9.11. The molecule has 0 aromatic heterocycles. The van der Waals surface area contributed by atoms with Crippen molar-refractivity contribution in [2.75, 3.05) is 13.1 Å². The summed E-state index contributed by atoms with van der Waals surface area (Å²) in [5.74, 6) is 0.555. The van der Waals surface area contributed by atoms with Crippen LogP contribution in [0.4, 0.5) is 0 Å². The monoisotopic (exact) mass is 361 g/mol. The molecule has 0 aliphatic heterocycles. The van der Waals surface area contributed by atoms with Crippen molar-refractivity contribution >= 4 is 37.8 Å². The first-order valence-corrected chi connectivity index (χ1v) is 7.28. The molecule has 0 radical (unpaired) electrons. The second kappa shape index (κ2) is 6.55. The van der Waals surface area contributed by atoms with E-state index in [1.165, 1.54) is 0 Å². The summed E-state index contributed by atoms with van der Waals surface area (Å²) in [6, 6.07) is 5.66. The van der Waals surface area contributed by atoms with Crippen LogP contribution in [0.2, 0.25) is 0 Å². The summed E-state index contributed by atoms with van der Waals surface area (Å²) in [6.07, 6.45) is 0. The summed E-state index contributed by atoms with van der Waals surface area (Å²) in [7, 11) is 0. The number of benzene rings is 1. The van der Waals surface area contributed by atoms with Crippen LogP contribution in [0.25, 0.3) is 0 Å². The van der Waals surface area contributed by atoms with Crippen molar-refractivity contribution in [3.8, 4) is 0 Å². The number of hydrogen-bond donors (Lipinski definition) is 0. The van der Waals surface area contributed by atoms with Gasteiger partial charge in [0.25, 0.3) is 5.91 Å². The Morgan fingerprint density at radius 1 is 1.35 bits per heavy atom. The smallest absolute Gasteiger partial charge is 0.255 e. The van der Waals surface area contributed by atoms with E-state index in [2.05, 4.69) is 45.7 Å². The summed E-state index contributed by atoms with van der Waals surface area (Å²) in [4.78, 5) is 14.2. The maximum atomic E-state index is 12.4. The molecular weight excluding hydrogens is 346 g/mol. The van der Waals surface area contributed by atoms with Crippen LogP contribution in [0, 0.1) is 5.92 Å². The van der Waals surface area contributed by atoms with Crippen LogP contribution in [0.5, 0.6) is 0 Å². The van der Waals surface area contributed by atoms with Crippen molar-refractivity contribution in [1.82, 2.24) is 4.90 Å². The van der Waals surface area contributed by atoms with E-state index in [9.17, 15) is 4.79 Å². The molecular formula is C13H17Br2NO. The van der Waals surface area contributed by atoms with Crippen molar-refractivity contribution < 1.29 is 4.79 Å². The van der Waals surface area contributed by atoms with Crippen LogP contribution in [0.15, 0.2) is 27.1 Å². The summed E-state index contributed by atoms with van der Waals surface area (Å²) >= 11 is 6.82. The molecule has 1 rings (SSSR count). The van der Waals surface area contributed by atoms with Gasteiger partial charge in [0.1, 0.15) is 0 Å². The van der Waals surface area contributed by atoms with Crippen LogP contribution in [0.1, 0.15) is 31.1 Å². The topological polar surface area (TPSA) is 20.3 Å². The van der Waals surface area contributed by atoms with Crippen LogP contribution in [0.3, 0.4) is 0 Å². The molecule has 0 N–H and O–H groups in total. The number of amides is 1. The zero-order valence-electron chi connectivity index (χ0n) is 10.3. The van der Waals surface area contributed by atoms with Gasteiger partial charge in [0, 0.05) is 22.0 Å². The SMILES string of the molecule is CCN(CC(C)C)C(=O)c1cc(Br)ccc1Br. The third kappa shape index (κ3) is 4.11. The number of rotatable bonds is 4. The van der Waals surface area contributed by atoms with Crippen molar-refractivity contribution in [3.05, 3.63) is 32.7 Å². The molecule has 1 amide bonds. The van der Waals surface area contributed by atoms with Crippen molar-refractivity contribution in [2.24, 2.45) is 5.92 Å². The van der Waals surface area contributed by atoms with Gasteiger partial charge < -0.3 is 4.90 Å². The number of halogens is 2. The molecule has 17 heavy (non-hydrogen) atoms. The van der Waals surface area contributed by atoms with E-state index >= 15 is 0 Å². The van der Waals surface area contributed by atoms with Gasteiger partial charge in [-0.05, 0) is 47.0 Å². The molecule has 0 spiro atoms. The van der Waals surface area contributed by atoms with Crippen LogP contribution < -0.4 is 0 Å². The van der Waals surface area contributed by atoms with Gasteiger partial charge in [0.2, 0.25) is 0 Å². The molecule has 0 bridgehead atoms. The van der Waals surface area contributed by atoms with Crippen LogP contribution in [-0.2, 0) is 0 Å². The lowest BCUT2D eigenvalue weighted by atomic mass is 10.1. The molecule has 0 heterocycles. The highest BCUT2D eigenvalue weighted by atomic mass is 79.9. The van der Waals surface area contributed by atoms with Gasteiger partial charge in [-0.15, -0.1) is 0 Å². The van der Waals surface area contributed by atoms with Crippen molar-refractivity contribution in [2.45, 2.75) is 20.8 Å². The molecule has 1 aromatic rings. The first kappa shape index (κ1) is 14.7. The van der Waals surface area contributed by atoms with E-state index in [0.29, 0.717) is 11.5 Å². The van der Waals surface area contributed by atoms with Gasteiger partial charge in [0.15, 0.2) is 0 Å². The molecule has 0 aliphatic carbocycles. The fourth-order valence-electron chi connectivity index (χ4n) is 1.63. The van der Waals surface area contributed by atoms with E-state index in [4.69, 9.17) is 0 Å². The Labute approximate surface area is 120 Å². The minimum absolute atomic E-state index is 0.0781. The first-order valence-electron chi connectivity index (χ1n) is 5.70. The molecule has 4 heteroatoms. The average Bonchev–Trinajstić information content (AvgIpc) is 2.28. The second-order valence-electron chi connectivity index (χ2n) is 4.36. The Kier molecular flexibility index (Phi) is 5.67. The van der Waals surface area contributed by atoms with Crippen LogP contribution in [-0.4, -0.2) is 23.9 Å². The van der Waals surface area contributed by atoms with E-state index in [1.54, 1.807) is 0 Å². The summed E-state index contributed by atoms with van der Waals surface area (Å²) in [5.41, 5.74) is 0.710. The van der Waals surface area contributed by atoms with Gasteiger partial charge >= 0.3 is 0 Å². The largest absolute Gasteiger partial charge is 0.339 e. The van der Waals surface area contributed by atoms with E-state index < -0.39 is 0 Å². The summed E-state index contributed by atoms with van der Waals surface area (Å²) in [6.45, 7) is 7.76. The predicted octanol–water partition coefficient (Wildman–Crippen LogP) is 4.33. The Morgan fingerprint density at radius 3 is 2.53 bits per heavy atom. The number of carbonyl (C=O) groups excluding carboxylic acids is 1. The van der Waals surface area contributed by atoms with Gasteiger partial charge in [-0.3, -0.25) is 4.79 Å². The quantitative estimate of drug-likeness (QED) is 0.780. The van der Waals surface area contributed by atoms with Gasteiger partial charge in [-0.2, -0.15) is 0 Å². The maximum Gasteiger partial charge on any atom is 0.255 e. The molecule has 0 unspecified atom stereocenters. The maximum absolute atomic E-state index is 12.4. The molecule has 0 saturated carbocycles. The van der Waals surface area contributed by atoms with Gasteiger partial charge in [0.05, 0.1) is 5.56 Å². The number of carbonyl (C=O) groups is 1. The van der Waals surface area contributed by atoms with Crippen molar-refractivity contribution in [1.29, 1.82) is 0 Å². The van der Waals surface area contributed by atoms with E-state index in [1.807, 2.05) is 30.0 Å². The lowest BCUT2D eigenvalue weighted by molar-refractivity contribution is 0.0745. The number of hydrogen-bond acceptors (Lipinski definition) is 1. The fourth-order valence-corrected chi connectivity index (χ4v) is 2.41. The lowest BCUT2D eigenvalue weighted by Crippen LogP contribution is -2.34. The normalized spacial score (nSPS) is 10.7. The summed E-state index contributed by atoms with van der Waals surface area (Å²) < 4.78 is 1.76. The molecule has 94 valence electrons. The van der Waals surface area contributed by atoms with E-state index in [0.717, 1.165) is 22.0 Å². The highest BCUT2D eigenvalue weighted by Gasteiger charge is 2.17. The Balaban J connectivity index is 2.97. The molecule has 0 aliphatic rings. The molecule has 0 fully saturated rings. The zero-order valence-corrected chi connectivity index (χ0v) is 13.5. The van der Waals surface area contributed by atoms with E-state index in [-0.39, 0.29) is 5.91 Å². The Bertz CT molecular complexity index is 404. The standard InChI is InChI=1S/C13H17Br2NO/c1-4-16(8-9(2)3)13(17)11-7-10(14)5-6-12(11)15/h5-7,9H,4,8H2,1-3H3. The minimum atomic E-state index is 0.0781. The zero-order chi connectivity index (χ0) is 13.0. The third-order valence-corrected chi connectivity index (χ3v) is 3.60. The van der Waals surface area contributed by atoms with Gasteiger partial charge in [-0.1, -0.05) is 29.8 Å². The van der Waals surface area contributed by atoms with Crippen LogP contribution >= 0.6 is 31.9 Å². The molecule has 1 aromatic carbocycles. The minimum Gasteiger partial charge on any atom is -0.339 e. The molecule has 0 saturated heterocycles. The van der Waals surface area contributed by atoms with Crippen molar-refractivity contribution in [3.63, 3.8) is 0 Å². The molecule has 0 atom stereocenters. The first-order chi connectivity index (χ1) is 7.95. The Hall–Kier alpha value is -0.350. The second-order valence-corrected chi connectivity index (χ2v) is 6.13. The predicted molar refractivity (Wildman–Crippen MR) is 78.3 cm³/mol. The summed E-state index contributed by atoms with van der Waals surface area (Å²) in [5, 5.41) is 0. The lowest BCUT2D eigenvalue weighted by Gasteiger charge is -2.23. The van der Waals surface area contributed by atoms with Gasteiger partial charge in [-0.25, -0.2) is 0 Å². The fraction of sp³-hybridized carbons (Fsp3) is 0.462. The number of nitrogens with zero attached hydrogens (tertiary/aromatic N) is 1. The average molecular weight is 363 g/mol.